The summed E-state index contributed by atoms with van der Waals surface area (Å²) in [6.07, 6.45) is 9.18. The van der Waals surface area contributed by atoms with Crippen molar-refractivity contribution in [1.29, 1.82) is 0 Å². The summed E-state index contributed by atoms with van der Waals surface area (Å²) >= 11 is 0. The first-order chi connectivity index (χ1) is 35.7. The number of nitrogens with zero attached hydrogens (tertiary/aromatic N) is 3. The Hall–Kier alpha value is -8.40. The van der Waals surface area contributed by atoms with Gasteiger partial charge in [0, 0.05) is 18.6 Å². The molecule has 0 saturated carbocycles. The Morgan fingerprint density at radius 3 is 1.44 bits per heavy atom. The molecule has 0 aliphatic heterocycles. The SMILES string of the molecule is [Ir+3].[c-]1cc(CCc2cc(CCc3c[c-]c(-c4ccccn4)cc3)cc(-c3ccccc3-c3c[c-]c4c(ccc5c(-c6ccc(-c7ccccc7)cc6)ccnc54)c3-c3ccccc3)c2)ccc1-c1ccccn1. The maximum Gasteiger partial charge on any atom is 3.00 e. The zero-order valence-corrected chi connectivity index (χ0v) is 42.5. The van der Waals surface area contributed by atoms with E-state index in [-0.39, 0.29) is 20.1 Å². The minimum absolute atomic E-state index is 0. The van der Waals surface area contributed by atoms with Crippen LogP contribution in [0.25, 0.3) is 99.8 Å². The normalized spacial score (nSPS) is 11.1. The van der Waals surface area contributed by atoms with Gasteiger partial charge >= 0.3 is 20.1 Å². The van der Waals surface area contributed by atoms with Crippen molar-refractivity contribution in [1.82, 2.24) is 15.0 Å². The van der Waals surface area contributed by atoms with Crippen LogP contribution in [0.1, 0.15) is 22.3 Å². The molecule has 3 nitrogen and oxygen atoms in total. The minimum Gasteiger partial charge on any atom is -0.305 e. The molecule has 3 heterocycles. The van der Waals surface area contributed by atoms with Crippen molar-refractivity contribution in [2.75, 3.05) is 0 Å². The second-order valence-electron chi connectivity index (χ2n) is 18.4. The van der Waals surface area contributed by atoms with Crippen LogP contribution in [0.15, 0.2) is 243 Å². The van der Waals surface area contributed by atoms with E-state index in [0.29, 0.717) is 0 Å². The molecular weight excluding hydrogens is 1060 g/mol. The quantitative estimate of drug-likeness (QED) is 0.0853. The van der Waals surface area contributed by atoms with Crippen LogP contribution in [0.4, 0.5) is 0 Å². The molecule has 73 heavy (non-hydrogen) atoms. The van der Waals surface area contributed by atoms with Gasteiger partial charge in [-0.2, -0.15) is 0 Å². The van der Waals surface area contributed by atoms with Gasteiger partial charge in [-0.1, -0.05) is 199 Å². The first-order valence-electron chi connectivity index (χ1n) is 24.7. The molecule has 0 amide bonds. The van der Waals surface area contributed by atoms with Gasteiger partial charge in [-0.25, -0.2) is 0 Å². The first kappa shape index (κ1) is 47.0. The summed E-state index contributed by atoms with van der Waals surface area (Å²) in [6, 6.07) is 91.0. The Bertz CT molecular complexity index is 3700. The van der Waals surface area contributed by atoms with Crippen molar-refractivity contribution in [3.05, 3.63) is 283 Å². The van der Waals surface area contributed by atoms with Gasteiger partial charge < -0.3 is 15.0 Å². The third-order valence-corrected chi connectivity index (χ3v) is 13.8. The molecule has 0 atom stereocenters. The minimum atomic E-state index is 0. The Balaban J connectivity index is 0.00000574. The van der Waals surface area contributed by atoms with Gasteiger partial charge in [0.2, 0.25) is 0 Å². The fourth-order valence-electron chi connectivity index (χ4n) is 10.1. The fraction of sp³-hybridized carbons (Fsp3) is 0.0580. The summed E-state index contributed by atoms with van der Waals surface area (Å²) in [5.74, 6) is 0. The number of aromatic nitrogens is 3. The number of pyridine rings is 3. The number of hydrogen-bond donors (Lipinski definition) is 0. The Morgan fingerprint density at radius 1 is 0.315 bits per heavy atom. The Morgan fingerprint density at radius 2 is 0.849 bits per heavy atom. The van der Waals surface area contributed by atoms with Gasteiger partial charge in [0.1, 0.15) is 0 Å². The number of benzene rings is 9. The number of aryl methyl sites for hydroxylation is 4. The first-order valence-corrected chi connectivity index (χ1v) is 24.7. The largest absolute Gasteiger partial charge is 3.00 e. The fourth-order valence-corrected chi connectivity index (χ4v) is 10.1. The molecular formula is C69H48IrN3. The molecule has 0 N–H and O–H groups in total. The molecule has 12 rings (SSSR count). The van der Waals surface area contributed by atoms with E-state index in [2.05, 4.69) is 216 Å². The van der Waals surface area contributed by atoms with Crippen LogP contribution in [-0.4, -0.2) is 15.0 Å². The van der Waals surface area contributed by atoms with E-state index in [9.17, 15) is 0 Å². The zero-order valence-electron chi connectivity index (χ0n) is 40.1. The van der Waals surface area contributed by atoms with Crippen molar-refractivity contribution in [2.45, 2.75) is 25.7 Å². The van der Waals surface area contributed by atoms with E-state index in [0.717, 1.165) is 97.7 Å². The molecule has 0 aliphatic rings. The number of fused-ring (bicyclic) bond motifs is 3. The third kappa shape index (κ3) is 10.1. The second kappa shape index (κ2) is 21.5. The molecule has 0 saturated heterocycles. The molecule has 348 valence electrons. The van der Waals surface area contributed by atoms with Gasteiger partial charge in [0.25, 0.3) is 0 Å². The van der Waals surface area contributed by atoms with Gasteiger partial charge in [-0.15, -0.1) is 88.3 Å². The molecule has 0 unspecified atom stereocenters. The van der Waals surface area contributed by atoms with Gasteiger partial charge in [0.15, 0.2) is 0 Å². The van der Waals surface area contributed by atoms with Gasteiger partial charge in [-0.05, 0) is 103 Å². The third-order valence-electron chi connectivity index (χ3n) is 13.8. The van der Waals surface area contributed by atoms with Crippen molar-refractivity contribution < 1.29 is 20.1 Å². The molecule has 9 aromatic carbocycles. The molecule has 0 aliphatic carbocycles. The van der Waals surface area contributed by atoms with Crippen LogP contribution in [-0.2, 0) is 45.8 Å². The smallest absolute Gasteiger partial charge is 0.305 e. The molecule has 3 aromatic heterocycles. The molecule has 12 aromatic rings. The summed E-state index contributed by atoms with van der Waals surface area (Å²) < 4.78 is 0. The molecule has 0 spiro atoms. The van der Waals surface area contributed by atoms with Crippen molar-refractivity contribution in [2.24, 2.45) is 0 Å². The average molecular weight is 1110 g/mol. The van der Waals surface area contributed by atoms with E-state index in [1.54, 1.807) is 0 Å². The van der Waals surface area contributed by atoms with E-state index >= 15 is 0 Å². The van der Waals surface area contributed by atoms with E-state index in [1.807, 2.05) is 55.0 Å². The molecule has 4 heteroatoms. The molecule has 0 fully saturated rings. The van der Waals surface area contributed by atoms with Crippen molar-refractivity contribution in [3.63, 3.8) is 0 Å². The average Bonchev–Trinajstić information content (AvgIpc) is 3.47. The maximum absolute atomic E-state index is 5.06. The van der Waals surface area contributed by atoms with Crippen LogP contribution in [0, 0.1) is 18.2 Å². The Labute approximate surface area is 441 Å². The van der Waals surface area contributed by atoms with Crippen LogP contribution >= 0.6 is 0 Å². The molecule has 0 radical (unpaired) electrons. The van der Waals surface area contributed by atoms with Crippen LogP contribution in [0.3, 0.4) is 0 Å². The topological polar surface area (TPSA) is 38.7 Å². The summed E-state index contributed by atoms with van der Waals surface area (Å²) in [6.45, 7) is 0. The predicted molar refractivity (Wildman–Crippen MR) is 297 cm³/mol. The summed E-state index contributed by atoms with van der Waals surface area (Å²) in [5.41, 5.74) is 21.7. The maximum atomic E-state index is 5.06. The van der Waals surface area contributed by atoms with E-state index < -0.39 is 0 Å². The number of rotatable bonds is 13. The summed E-state index contributed by atoms with van der Waals surface area (Å²) in [5, 5.41) is 3.24. The standard InChI is InChI=1S/C69H48N3.Ir/c1-3-13-52(14-4-1)53-33-35-54(36-34-53)60-41-44-72-69-64(60)39-38-63-65(69)40-37-62(68(63)57-15-5-2-6-16-57)61-18-8-7-17-59(61)58-46-50(23-21-48-25-29-55(30-26-48)66-19-9-11-42-70-66)45-51(47-58)24-22-49-27-31-56(32-28-49)67-20-10-12-43-71-67;/h1-20,25-29,31,33-39,41-47H,21-24H2;/q-3;+3. The van der Waals surface area contributed by atoms with Gasteiger partial charge in [0.05, 0.1) is 0 Å². The summed E-state index contributed by atoms with van der Waals surface area (Å²) in [4.78, 5) is 14.1. The number of hydrogen-bond acceptors (Lipinski definition) is 3. The van der Waals surface area contributed by atoms with Crippen LogP contribution < -0.4 is 0 Å². The van der Waals surface area contributed by atoms with Gasteiger partial charge in [-0.3, -0.25) is 0 Å². The van der Waals surface area contributed by atoms with E-state index in [4.69, 9.17) is 4.98 Å². The van der Waals surface area contributed by atoms with Crippen molar-refractivity contribution >= 4 is 21.7 Å². The summed E-state index contributed by atoms with van der Waals surface area (Å²) in [7, 11) is 0. The predicted octanol–water partition coefficient (Wildman–Crippen LogP) is 16.8. The zero-order chi connectivity index (χ0) is 48.1. The van der Waals surface area contributed by atoms with Crippen LogP contribution in [0.5, 0.6) is 0 Å². The molecule has 0 bridgehead atoms. The second-order valence-corrected chi connectivity index (χ2v) is 18.4. The monoisotopic (exact) mass is 1110 g/mol. The Kier molecular flexibility index (Phi) is 13.8. The van der Waals surface area contributed by atoms with Crippen molar-refractivity contribution in [3.8, 4) is 78.1 Å². The van der Waals surface area contributed by atoms with Crippen LogP contribution in [0.2, 0.25) is 0 Å². The van der Waals surface area contributed by atoms with E-state index in [1.165, 1.54) is 50.1 Å².